The minimum Gasteiger partial charge on any atom is -0.300 e. The first kappa shape index (κ1) is 13.4. The molecule has 0 amide bonds. The third kappa shape index (κ3) is 2.87. The molecule has 0 fully saturated rings. The zero-order valence-corrected chi connectivity index (χ0v) is 11.5. The first-order valence-electron chi connectivity index (χ1n) is 5.89. The van der Waals surface area contributed by atoms with Gasteiger partial charge >= 0.3 is 0 Å². The number of hydrogen-bond acceptors (Lipinski definition) is 4. The summed E-state index contributed by atoms with van der Waals surface area (Å²) in [5, 5.41) is 17.6. The molecule has 2 aromatic rings. The van der Waals surface area contributed by atoms with Crippen molar-refractivity contribution in [2.24, 2.45) is 5.92 Å². The molecule has 0 bridgehead atoms. The SMILES string of the molecule is CC(C)Cn1c(-c2ccc([N+](=O)[O-])cc2)n[nH]c1=S. The van der Waals surface area contributed by atoms with Gasteiger partial charge in [0.25, 0.3) is 5.69 Å². The monoisotopic (exact) mass is 278 g/mol. The largest absolute Gasteiger partial charge is 0.300 e. The molecule has 19 heavy (non-hydrogen) atoms. The maximum Gasteiger partial charge on any atom is 0.269 e. The molecule has 1 N–H and O–H groups in total. The summed E-state index contributed by atoms with van der Waals surface area (Å²) in [6.07, 6.45) is 0. The highest BCUT2D eigenvalue weighted by Gasteiger charge is 2.12. The van der Waals surface area contributed by atoms with Gasteiger partial charge in [0.2, 0.25) is 0 Å². The van der Waals surface area contributed by atoms with E-state index in [-0.39, 0.29) is 5.69 Å². The Labute approximate surface area is 115 Å². The molecule has 100 valence electrons. The molecular weight excluding hydrogens is 264 g/mol. The van der Waals surface area contributed by atoms with Gasteiger partial charge < -0.3 is 0 Å². The summed E-state index contributed by atoms with van der Waals surface area (Å²) in [6, 6.07) is 6.29. The molecule has 6 nitrogen and oxygen atoms in total. The normalized spacial score (nSPS) is 10.9. The van der Waals surface area contributed by atoms with E-state index in [1.165, 1.54) is 12.1 Å². The van der Waals surface area contributed by atoms with E-state index in [2.05, 4.69) is 24.0 Å². The summed E-state index contributed by atoms with van der Waals surface area (Å²) >= 11 is 5.20. The van der Waals surface area contributed by atoms with Gasteiger partial charge in [0, 0.05) is 24.2 Å². The zero-order valence-electron chi connectivity index (χ0n) is 10.7. The molecular formula is C12H14N4O2S. The number of nitrogens with one attached hydrogen (secondary N) is 1. The van der Waals surface area contributed by atoms with Crippen molar-refractivity contribution >= 4 is 17.9 Å². The Balaban J connectivity index is 2.41. The molecule has 1 aromatic heterocycles. The maximum atomic E-state index is 10.6. The van der Waals surface area contributed by atoms with E-state index >= 15 is 0 Å². The minimum atomic E-state index is -0.422. The number of nitro benzene ring substituents is 1. The van der Waals surface area contributed by atoms with Crippen LogP contribution in [0.5, 0.6) is 0 Å². The third-order valence-corrected chi connectivity index (χ3v) is 2.95. The number of nitrogens with zero attached hydrogens (tertiary/aromatic N) is 3. The molecule has 1 heterocycles. The molecule has 0 unspecified atom stereocenters. The maximum absolute atomic E-state index is 10.6. The van der Waals surface area contributed by atoms with Crippen molar-refractivity contribution in [1.82, 2.24) is 14.8 Å². The van der Waals surface area contributed by atoms with E-state index < -0.39 is 4.92 Å². The van der Waals surface area contributed by atoms with Crippen LogP contribution in [0.15, 0.2) is 24.3 Å². The number of H-pyrrole nitrogens is 1. The highest BCUT2D eigenvalue weighted by atomic mass is 32.1. The fraction of sp³-hybridized carbons (Fsp3) is 0.333. The van der Waals surface area contributed by atoms with Crippen LogP contribution < -0.4 is 0 Å². The number of non-ortho nitro benzene ring substituents is 1. The molecule has 7 heteroatoms. The van der Waals surface area contributed by atoms with E-state index in [0.29, 0.717) is 16.5 Å². The molecule has 0 aliphatic carbocycles. The second kappa shape index (κ2) is 5.31. The first-order valence-corrected chi connectivity index (χ1v) is 6.30. The van der Waals surface area contributed by atoms with E-state index in [4.69, 9.17) is 12.2 Å². The van der Waals surface area contributed by atoms with Crippen LogP contribution in [-0.4, -0.2) is 19.7 Å². The zero-order chi connectivity index (χ0) is 14.0. The smallest absolute Gasteiger partial charge is 0.269 e. The van der Waals surface area contributed by atoms with Gasteiger partial charge in [0.05, 0.1) is 4.92 Å². The summed E-state index contributed by atoms with van der Waals surface area (Å²) in [5.74, 6) is 1.13. The fourth-order valence-corrected chi connectivity index (χ4v) is 2.01. The summed E-state index contributed by atoms with van der Waals surface area (Å²) < 4.78 is 2.46. The van der Waals surface area contributed by atoms with E-state index in [1.807, 2.05) is 4.57 Å². The van der Waals surface area contributed by atoms with Crippen LogP contribution in [0.4, 0.5) is 5.69 Å². The van der Waals surface area contributed by atoms with Crippen molar-refractivity contribution in [2.45, 2.75) is 20.4 Å². The quantitative estimate of drug-likeness (QED) is 0.529. The molecule has 1 aromatic carbocycles. The Hall–Kier alpha value is -2.02. The van der Waals surface area contributed by atoms with E-state index in [0.717, 1.165) is 12.1 Å². The van der Waals surface area contributed by atoms with Gasteiger partial charge in [-0.05, 0) is 30.3 Å². The lowest BCUT2D eigenvalue weighted by Gasteiger charge is -2.09. The predicted molar refractivity (Wildman–Crippen MR) is 74.3 cm³/mol. The van der Waals surface area contributed by atoms with Crippen molar-refractivity contribution in [3.05, 3.63) is 39.2 Å². The van der Waals surface area contributed by atoms with Crippen LogP contribution in [0.1, 0.15) is 13.8 Å². The van der Waals surface area contributed by atoms with Crippen molar-refractivity contribution < 1.29 is 4.92 Å². The highest BCUT2D eigenvalue weighted by molar-refractivity contribution is 7.71. The standard InChI is InChI=1S/C12H14N4O2S/c1-8(2)7-15-11(13-14-12(15)19)9-3-5-10(6-4-9)16(17)18/h3-6,8H,7H2,1-2H3,(H,14,19). The van der Waals surface area contributed by atoms with Crippen molar-refractivity contribution in [3.63, 3.8) is 0 Å². The summed E-state index contributed by atoms with van der Waals surface area (Å²) in [5.41, 5.74) is 0.867. The number of benzene rings is 1. The van der Waals surface area contributed by atoms with E-state index in [9.17, 15) is 10.1 Å². The minimum absolute atomic E-state index is 0.0632. The van der Waals surface area contributed by atoms with Gasteiger partial charge in [-0.3, -0.25) is 19.8 Å². The average molecular weight is 278 g/mol. The Morgan fingerprint density at radius 2 is 2.05 bits per heavy atom. The Morgan fingerprint density at radius 1 is 1.42 bits per heavy atom. The third-order valence-electron chi connectivity index (χ3n) is 2.64. The predicted octanol–water partition coefficient (Wildman–Crippen LogP) is 3.17. The summed E-state index contributed by atoms with van der Waals surface area (Å²) in [7, 11) is 0. The van der Waals surface area contributed by atoms with Gasteiger partial charge in [-0.1, -0.05) is 13.8 Å². The van der Waals surface area contributed by atoms with Gasteiger partial charge in [-0.2, -0.15) is 5.10 Å². The molecule has 0 radical (unpaired) electrons. The molecule has 2 rings (SSSR count). The Morgan fingerprint density at radius 3 is 2.58 bits per heavy atom. The van der Waals surface area contributed by atoms with Crippen LogP contribution in [0, 0.1) is 20.8 Å². The number of hydrogen-bond donors (Lipinski definition) is 1. The molecule has 0 aliphatic heterocycles. The Kier molecular flexibility index (Phi) is 3.75. The van der Waals surface area contributed by atoms with Gasteiger partial charge in [-0.15, -0.1) is 0 Å². The van der Waals surface area contributed by atoms with Gasteiger partial charge in [0.15, 0.2) is 10.6 Å². The molecule has 0 aliphatic rings. The number of rotatable bonds is 4. The lowest BCUT2D eigenvalue weighted by atomic mass is 10.2. The van der Waals surface area contributed by atoms with Crippen molar-refractivity contribution in [1.29, 1.82) is 0 Å². The molecule has 0 saturated heterocycles. The number of nitro groups is 1. The first-order chi connectivity index (χ1) is 8.99. The summed E-state index contributed by atoms with van der Waals surface area (Å²) in [6.45, 7) is 4.93. The number of aromatic amines is 1. The molecule has 0 spiro atoms. The Bertz CT molecular complexity index is 642. The van der Waals surface area contributed by atoms with Crippen molar-refractivity contribution in [2.75, 3.05) is 0 Å². The van der Waals surface area contributed by atoms with Crippen LogP contribution in [-0.2, 0) is 6.54 Å². The molecule has 0 saturated carbocycles. The lowest BCUT2D eigenvalue weighted by Crippen LogP contribution is -2.06. The van der Waals surface area contributed by atoms with Gasteiger partial charge in [-0.25, -0.2) is 0 Å². The fourth-order valence-electron chi connectivity index (χ4n) is 1.80. The van der Waals surface area contributed by atoms with Crippen LogP contribution in [0.25, 0.3) is 11.4 Å². The van der Waals surface area contributed by atoms with Crippen LogP contribution in [0.3, 0.4) is 0 Å². The lowest BCUT2D eigenvalue weighted by molar-refractivity contribution is -0.384. The van der Waals surface area contributed by atoms with Crippen LogP contribution in [0.2, 0.25) is 0 Å². The van der Waals surface area contributed by atoms with Gasteiger partial charge in [0.1, 0.15) is 0 Å². The second-order valence-corrected chi connectivity index (χ2v) is 5.05. The topological polar surface area (TPSA) is 76.8 Å². The molecule has 0 atom stereocenters. The van der Waals surface area contributed by atoms with Crippen LogP contribution >= 0.6 is 12.2 Å². The van der Waals surface area contributed by atoms with E-state index in [1.54, 1.807) is 12.1 Å². The van der Waals surface area contributed by atoms with Crippen molar-refractivity contribution in [3.8, 4) is 11.4 Å². The second-order valence-electron chi connectivity index (χ2n) is 4.66. The average Bonchev–Trinajstić information content (AvgIpc) is 2.71. The number of aromatic nitrogens is 3. The highest BCUT2D eigenvalue weighted by Crippen LogP contribution is 2.21. The summed E-state index contributed by atoms with van der Waals surface area (Å²) in [4.78, 5) is 10.2.